The zero-order valence-electron chi connectivity index (χ0n) is 10.9. The maximum absolute atomic E-state index is 10.6. The van der Waals surface area contributed by atoms with Crippen molar-refractivity contribution in [2.24, 2.45) is 0 Å². The van der Waals surface area contributed by atoms with Gasteiger partial charge < -0.3 is 19.3 Å². The third kappa shape index (κ3) is 2.51. The van der Waals surface area contributed by atoms with Crippen LogP contribution in [-0.2, 0) is 9.47 Å². The molecule has 4 nitrogen and oxygen atoms in total. The van der Waals surface area contributed by atoms with Gasteiger partial charge in [-0.1, -0.05) is 12.1 Å². The molecular weight excluding hydrogens is 232 g/mol. The lowest BCUT2D eigenvalue weighted by atomic mass is 9.84. The topological polar surface area (TPSA) is 47.9 Å². The highest BCUT2D eigenvalue weighted by molar-refractivity contribution is 5.31. The van der Waals surface area contributed by atoms with Crippen LogP contribution >= 0.6 is 0 Å². The number of ether oxygens (including phenoxy) is 3. The summed E-state index contributed by atoms with van der Waals surface area (Å²) in [5, 5.41) is 10.6. The summed E-state index contributed by atoms with van der Waals surface area (Å²) in [5.74, 6) is 0.741. The lowest BCUT2D eigenvalue weighted by Gasteiger charge is -2.39. The Morgan fingerprint density at radius 3 is 2.61 bits per heavy atom. The van der Waals surface area contributed by atoms with Crippen molar-refractivity contribution in [1.82, 2.24) is 0 Å². The van der Waals surface area contributed by atoms with Gasteiger partial charge in [0.1, 0.15) is 17.5 Å². The normalized spacial score (nSPS) is 20.4. The monoisotopic (exact) mass is 252 g/mol. The van der Waals surface area contributed by atoms with Crippen molar-refractivity contribution < 1.29 is 19.3 Å². The van der Waals surface area contributed by atoms with Gasteiger partial charge in [0, 0.05) is 33.2 Å². The fraction of sp³-hybridized carbons (Fsp3) is 0.571. The highest BCUT2D eigenvalue weighted by Gasteiger charge is 2.40. The van der Waals surface area contributed by atoms with Crippen LogP contribution in [0, 0.1) is 0 Å². The molecule has 18 heavy (non-hydrogen) atoms. The first kappa shape index (κ1) is 13.3. The Hall–Kier alpha value is -1.10. The molecule has 0 amide bonds. The van der Waals surface area contributed by atoms with E-state index >= 15 is 0 Å². The van der Waals surface area contributed by atoms with E-state index in [1.807, 2.05) is 24.3 Å². The van der Waals surface area contributed by atoms with Gasteiger partial charge in [-0.2, -0.15) is 0 Å². The van der Waals surface area contributed by atoms with Crippen molar-refractivity contribution in [3.63, 3.8) is 0 Å². The van der Waals surface area contributed by atoms with Crippen molar-refractivity contribution >= 4 is 0 Å². The molecule has 0 bridgehead atoms. The second kappa shape index (κ2) is 5.69. The number of methoxy groups -OCH3 is 2. The van der Waals surface area contributed by atoms with Crippen LogP contribution in [0.15, 0.2) is 24.3 Å². The Bertz CT molecular complexity index is 385. The van der Waals surface area contributed by atoms with E-state index in [-0.39, 0.29) is 0 Å². The SMILES string of the molecule is COc1cccc(C(O)C2(OC)CCOCC2)c1. The Labute approximate surface area is 107 Å². The molecule has 0 aliphatic carbocycles. The van der Waals surface area contributed by atoms with E-state index < -0.39 is 11.7 Å². The summed E-state index contributed by atoms with van der Waals surface area (Å²) < 4.78 is 16.1. The zero-order chi connectivity index (χ0) is 13.0. The molecule has 4 heteroatoms. The molecule has 0 radical (unpaired) electrons. The van der Waals surface area contributed by atoms with Crippen LogP contribution in [0.3, 0.4) is 0 Å². The van der Waals surface area contributed by atoms with Crippen molar-refractivity contribution in [1.29, 1.82) is 0 Å². The van der Waals surface area contributed by atoms with E-state index in [4.69, 9.17) is 14.2 Å². The van der Waals surface area contributed by atoms with Gasteiger partial charge in [-0.3, -0.25) is 0 Å². The van der Waals surface area contributed by atoms with Gasteiger partial charge in [-0.15, -0.1) is 0 Å². The zero-order valence-corrected chi connectivity index (χ0v) is 10.9. The van der Waals surface area contributed by atoms with Crippen molar-refractivity contribution in [3.8, 4) is 5.75 Å². The van der Waals surface area contributed by atoms with E-state index in [0.29, 0.717) is 26.1 Å². The number of hydrogen-bond donors (Lipinski definition) is 1. The Morgan fingerprint density at radius 2 is 2.00 bits per heavy atom. The largest absolute Gasteiger partial charge is 0.497 e. The lowest BCUT2D eigenvalue weighted by Crippen LogP contribution is -2.43. The highest BCUT2D eigenvalue weighted by atomic mass is 16.5. The first-order valence-electron chi connectivity index (χ1n) is 6.17. The van der Waals surface area contributed by atoms with Crippen LogP contribution in [0.1, 0.15) is 24.5 Å². The van der Waals surface area contributed by atoms with Crippen LogP contribution < -0.4 is 4.74 Å². The van der Waals surface area contributed by atoms with Crippen LogP contribution in [0.25, 0.3) is 0 Å². The molecule has 0 spiro atoms. The molecule has 2 rings (SSSR count). The van der Waals surface area contributed by atoms with Gasteiger partial charge in [0.25, 0.3) is 0 Å². The Balaban J connectivity index is 2.24. The van der Waals surface area contributed by atoms with Gasteiger partial charge in [0.2, 0.25) is 0 Å². The summed E-state index contributed by atoms with van der Waals surface area (Å²) in [7, 11) is 3.26. The second-order valence-corrected chi connectivity index (χ2v) is 4.56. The smallest absolute Gasteiger partial charge is 0.119 e. The summed E-state index contributed by atoms with van der Waals surface area (Å²) in [5.41, 5.74) is 0.267. The number of benzene rings is 1. The standard InChI is InChI=1S/C14H20O4/c1-16-12-5-3-4-11(10-12)13(15)14(17-2)6-8-18-9-7-14/h3-5,10,13,15H,6-9H2,1-2H3. The van der Waals surface area contributed by atoms with Gasteiger partial charge in [0.15, 0.2) is 0 Å². The van der Waals surface area contributed by atoms with Crippen LogP contribution in [-0.4, -0.2) is 38.1 Å². The van der Waals surface area contributed by atoms with E-state index in [1.54, 1.807) is 14.2 Å². The molecule has 1 saturated heterocycles. The summed E-state index contributed by atoms with van der Waals surface area (Å²) in [6, 6.07) is 7.48. The Kier molecular flexibility index (Phi) is 4.22. The number of hydrogen-bond acceptors (Lipinski definition) is 4. The summed E-state index contributed by atoms with van der Waals surface area (Å²) in [6.45, 7) is 1.24. The number of rotatable bonds is 4. The summed E-state index contributed by atoms with van der Waals surface area (Å²) in [4.78, 5) is 0. The molecule has 1 unspecified atom stereocenters. The van der Waals surface area contributed by atoms with Crippen LogP contribution in [0.2, 0.25) is 0 Å². The van der Waals surface area contributed by atoms with E-state index in [2.05, 4.69) is 0 Å². The maximum Gasteiger partial charge on any atom is 0.119 e. The van der Waals surface area contributed by atoms with Gasteiger partial charge in [-0.05, 0) is 17.7 Å². The number of aliphatic hydroxyl groups excluding tert-OH is 1. The first-order chi connectivity index (χ1) is 8.72. The van der Waals surface area contributed by atoms with Crippen molar-refractivity contribution in [2.75, 3.05) is 27.4 Å². The molecule has 1 heterocycles. The highest BCUT2D eigenvalue weighted by Crippen LogP contribution is 2.37. The fourth-order valence-corrected chi connectivity index (χ4v) is 2.42. The third-order valence-corrected chi connectivity index (χ3v) is 3.65. The third-order valence-electron chi connectivity index (χ3n) is 3.65. The minimum Gasteiger partial charge on any atom is -0.497 e. The van der Waals surface area contributed by atoms with Crippen molar-refractivity contribution in [2.45, 2.75) is 24.5 Å². The molecule has 1 aromatic rings. The number of aliphatic hydroxyl groups is 1. The van der Waals surface area contributed by atoms with Gasteiger partial charge in [-0.25, -0.2) is 0 Å². The fourth-order valence-electron chi connectivity index (χ4n) is 2.42. The Morgan fingerprint density at radius 1 is 1.28 bits per heavy atom. The molecular formula is C14H20O4. The molecule has 1 aliphatic heterocycles. The molecule has 1 fully saturated rings. The van der Waals surface area contributed by atoms with Crippen molar-refractivity contribution in [3.05, 3.63) is 29.8 Å². The predicted octanol–water partition coefficient (Wildman–Crippen LogP) is 1.92. The average molecular weight is 252 g/mol. The van der Waals surface area contributed by atoms with Gasteiger partial charge in [0.05, 0.1) is 7.11 Å². The van der Waals surface area contributed by atoms with Gasteiger partial charge >= 0.3 is 0 Å². The minimum atomic E-state index is -0.665. The van der Waals surface area contributed by atoms with E-state index in [1.165, 1.54) is 0 Å². The molecule has 1 atom stereocenters. The molecule has 100 valence electrons. The molecule has 1 N–H and O–H groups in total. The first-order valence-corrected chi connectivity index (χ1v) is 6.17. The maximum atomic E-state index is 10.6. The second-order valence-electron chi connectivity index (χ2n) is 4.56. The average Bonchev–Trinajstić information content (AvgIpc) is 2.47. The lowest BCUT2D eigenvalue weighted by molar-refractivity contribution is -0.154. The molecule has 1 aliphatic rings. The van der Waals surface area contributed by atoms with E-state index in [0.717, 1.165) is 11.3 Å². The predicted molar refractivity (Wildman–Crippen MR) is 67.7 cm³/mol. The summed E-state index contributed by atoms with van der Waals surface area (Å²) in [6.07, 6.45) is 0.727. The quantitative estimate of drug-likeness (QED) is 0.889. The minimum absolute atomic E-state index is 0.551. The summed E-state index contributed by atoms with van der Waals surface area (Å²) >= 11 is 0. The van der Waals surface area contributed by atoms with Crippen LogP contribution in [0.5, 0.6) is 5.75 Å². The van der Waals surface area contributed by atoms with Crippen LogP contribution in [0.4, 0.5) is 0 Å². The van der Waals surface area contributed by atoms with E-state index in [9.17, 15) is 5.11 Å². The molecule has 0 aromatic heterocycles. The molecule has 1 aromatic carbocycles. The molecule has 0 saturated carbocycles.